The van der Waals surface area contributed by atoms with E-state index < -0.39 is 24.6 Å². The van der Waals surface area contributed by atoms with Gasteiger partial charge < -0.3 is 24.1 Å². The molecule has 0 amide bonds. The lowest BCUT2D eigenvalue weighted by Crippen LogP contribution is -2.55. The maximum atomic E-state index is 10.1. The lowest BCUT2D eigenvalue weighted by atomic mass is 10.0. The highest BCUT2D eigenvalue weighted by Crippen LogP contribution is 2.31. The zero-order valence-electron chi connectivity index (χ0n) is 10.8. The number of aliphatic hydroxyl groups is 1. The van der Waals surface area contributed by atoms with Crippen molar-refractivity contribution in [1.82, 2.24) is 0 Å². The van der Waals surface area contributed by atoms with Crippen molar-refractivity contribution in [2.75, 3.05) is 13.7 Å². The molecule has 3 rings (SSSR count). The number of aliphatic hydroxyl groups excluding tert-OH is 1. The molecule has 0 radical (unpaired) electrons. The SMILES string of the molecule is CO[C@H]1[C@H](O)[C@H]2CO[C@H](O2)[C@@H]1OCc1ccccc1. The summed E-state index contributed by atoms with van der Waals surface area (Å²) in [6.45, 7) is 0.822. The fraction of sp³-hybridized carbons (Fsp3) is 0.571. The van der Waals surface area contributed by atoms with Gasteiger partial charge in [-0.15, -0.1) is 0 Å². The van der Waals surface area contributed by atoms with E-state index in [1.54, 1.807) is 7.11 Å². The Hall–Kier alpha value is -0.980. The molecule has 1 aromatic rings. The Morgan fingerprint density at radius 3 is 2.79 bits per heavy atom. The van der Waals surface area contributed by atoms with Crippen LogP contribution in [0, 0.1) is 0 Å². The van der Waals surface area contributed by atoms with Crippen LogP contribution in [0.15, 0.2) is 30.3 Å². The molecule has 5 atom stereocenters. The number of benzene rings is 1. The molecule has 0 aromatic heterocycles. The first kappa shape index (κ1) is 13.0. The lowest BCUT2D eigenvalue weighted by Gasteiger charge is -2.37. The summed E-state index contributed by atoms with van der Waals surface area (Å²) in [4.78, 5) is 0. The van der Waals surface area contributed by atoms with Crippen LogP contribution in [0.5, 0.6) is 0 Å². The molecule has 0 spiro atoms. The van der Waals surface area contributed by atoms with E-state index in [4.69, 9.17) is 18.9 Å². The van der Waals surface area contributed by atoms with Crippen LogP contribution in [0.25, 0.3) is 0 Å². The molecule has 0 aliphatic carbocycles. The van der Waals surface area contributed by atoms with Crippen LogP contribution in [0.4, 0.5) is 0 Å². The average molecular weight is 266 g/mol. The van der Waals surface area contributed by atoms with Crippen LogP contribution in [-0.2, 0) is 25.6 Å². The van der Waals surface area contributed by atoms with Crippen molar-refractivity contribution in [3.63, 3.8) is 0 Å². The molecule has 104 valence electrons. The first-order valence-corrected chi connectivity index (χ1v) is 6.43. The van der Waals surface area contributed by atoms with Crippen LogP contribution in [0.1, 0.15) is 5.56 Å². The zero-order chi connectivity index (χ0) is 13.2. The number of rotatable bonds is 4. The molecule has 19 heavy (non-hydrogen) atoms. The molecule has 2 aliphatic heterocycles. The summed E-state index contributed by atoms with van der Waals surface area (Å²) >= 11 is 0. The molecule has 2 aliphatic rings. The number of hydrogen-bond acceptors (Lipinski definition) is 5. The van der Waals surface area contributed by atoms with Gasteiger partial charge in [-0.3, -0.25) is 0 Å². The first-order chi connectivity index (χ1) is 9.29. The van der Waals surface area contributed by atoms with Gasteiger partial charge in [0.15, 0.2) is 6.29 Å². The predicted molar refractivity (Wildman–Crippen MR) is 66.4 cm³/mol. The van der Waals surface area contributed by atoms with E-state index in [0.29, 0.717) is 13.2 Å². The normalized spacial score (nSPS) is 37.5. The third kappa shape index (κ3) is 2.52. The summed E-state index contributed by atoms with van der Waals surface area (Å²) in [7, 11) is 1.57. The molecular weight excluding hydrogens is 248 g/mol. The van der Waals surface area contributed by atoms with Gasteiger partial charge in [-0.1, -0.05) is 30.3 Å². The van der Waals surface area contributed by atoms with E-state index in [2.05, 4.69) is 0 Å². The topological polar surface area (TPSA) is 57.2 Å². The molecule has 2 heterocycles. The van der Waals surface area contributed by atoms with Gasteiger partial charge in [0.1, 0.15) is 24.4 Å². The van der Waals surface area contributed by atoms with Crippen molar-refractivity contribution >= 4 is 0 Å². The Labute approximate surface area is 112 Å². The molecule has 0 unspecified atom stereocenters. The fourth-order valence-electron chi connectivity index (χ4n) is 2.57. The van der Waals surface area contributed by atoms with E-state index in [-0.39, 0.29) is 6.10 Å². The molecule has 1 aromatic carbocycles. The Morgan fingerprint density at radius 1 is 1.26 bits per heavy atom. The Bertz CT molecular complexity index is 410. The van der Waals surface area contributed by atoms with Crippen molar-refractivity contribution < 1.29 is 24.1 Å². The number of ether oxygens (including phenoxy) is 4. The Morgan fingerprint density at radius 2 is 2.05 bits per heavy atom. The van der Waals surface area contributed by atoms with Gasteiger partial charge in [-0.2, -0.15) is 0 Å². The van der Waals surface area contributed by atoms with E-state index >= 15 is 0 Å². The Balaban J connectivity index is 1.68. The number of hydrogen-bond donors (Lipinski definition) is 1. The second-order valence-electron chi connectivity index (χ2n) is 4.83. The quantitative estimate of drug-likeness (QED) is 0.869. The minimum atomic E-state index is -0.718. The van der Waals surface area contributed by atoms with Crippen LogP contribution in [0.3, 0.4) is 0 Å². The fourth-order valence-corrected chi connectivity index (χ4v) is 2.57. The first-order valence-electron chi connectivity index (χ1n) is 6.43. The van der Waals surface area contributed by atoms with E-state index in [9.17, 15) is 5.11 Å². The largest absolute Gasteiger partial charge is 0.387 e. The molecule has 0 saturated carbocycles. The van der Waals surface area contributed by atoms with Crippen LogP contribution in [0.2, 0.25) is 0 Å². The summed E-state index contributed by atoms with van der Waals surface area (Å²) in [5, 5.41) is 10.1. The monoisotopic (exact) mass is 266 g/mol. The maximum Gasteiger partial charge on any atom is 0.187 e. The van der Waals surface area contributed by atoms with Crippen molar-refractivity contribution in [1.29, 1.82) is 0 Å². The van der Waals surface area contributed by atoms with Crippen molar-refractivity contribution in [3.05, 3.63) is 35.9 Å². The minimum Gasteiger partial charge on any atom is -0.387 e. The molecular formula is C14H18O5. The number of methoxy groups -OCH3 is 1. The lowest BCUT2D eigenvalue weighted by molar-refractivity contribution is -0.251. The van der Waals surface area contributed by atoms with Crippen molar-refractivity contribution in [2.45, 2.75) is 37.3 Å². The molecule has 5 nitrogen and oxygen atoms in total. The van der Waals surface area contributed by atoms with Gasteiger partial charge in [-0.25, -0.2) is 0 Å². The standard InChI is InChI=1S/C14H18O5/c1-16-12-11(15)10-8-18-14(19-10)13(12)17-7-9-5-3-2-4-6-9/h2-6,10-15H,7-8H2,1H3/t10-,11-,12+,13-,14-/m1/s1. The average Bonchev–Trinajstić information content (AvgIpc) is 2.89. The summed E-state index contributed by atoms with van der Waals surface area (Å²) in [5.74, 6) is 0. The second kappa shape index (κ2) is 5.56. The minimum absolute atomic E-state index is 0.313. The number of fused-ring (bicyclic) bond motifs is 2. The highest BCUT2D eigenvalue weighted by molar-refractivity contribution is 5.13. The van der Waals surface area contributed by atoms with Crippen molar-refractivity contribution in [2.24, 2.45) is 0 Å². The van der Waals surface area contributed by atoms with Gasteiger partial charge >= 0.3 is 0 Å². The smallest absolute Gasteiger partial charge is 0.187 e. The van der Waals surface area contributed by atoms with Crippen LogP contribution >= 0.6 is 0 Å². The molecule has 2 saturated heterocycles. The van der Waals surface area contributed by atoms with Gasteiger partial charge in [0, 0.05) is 7.11 Å². The summed E-state index contributed by atoms with van der Waals surface area (Å²) < 4.78 is 22.2. The molecule has 2 bridgehead atoms. The summed E-state index contributed by atoms with van der Waals surface area (Å²) in [6.07, 6.45) is -2.33. The van der Waals surface area contributed by atoms with E-state index in [1.165, 1.54) is 0 Å². The van der Waals surface area contributed by atoms with Crippen LogP contribution < -0.4 is 0 Å². The third-order valence-electron chi connectivity index (χ3n) is 3.60. The predicted octanol–water partition coefficient (Wildman–Crippen LogP) is 0.703. The Kier molecular flexibility index (Phi) is 3.81. The highest BCUT2D eigenvalue weighted by Gasteiger charge is 2.51. The van der Waals surface area contributed by atoms with Crippen molar-refractivity contribution in [3.8, 4) is 0 Å². The molecule has 5 heteroatoms. The summed E-state index contributed by atoms with van der Waals surface area (Å²) in [5.41, 5.74) is 1.06. The molecule has 2 fully saturated rings. The van der Waals surface area contributed by atoms with Gasteiger partial charge in [-0.05, 0) is 5.56 Å². The molecule has 1 N–H and O–H groups in total. The summed E-state index contributed by atoms with van der Waals surface area (Å²) in [6, 6.07) is 9.85. The van der Waals surface area contributed by atoms with E-state index in [0.717, 1.165) is 5.56 Å². The third-order valence-corrected chi connectivity index (χ3v) is 3.60. The maximum absolute atomic E-state index is 10.1. The van der Waals surface area contributed by atoms with Gasteiger partial charge in [0.25, 0.3) is 0 Å². The van der Waals surface area contributed by atoms with Crippen LogP contribution in [-0.4, -0.2) is 49.5 Å². The van der Waals surface area contributed by atoms with Gasteiger partial charge in [0.05, 0.1) is 13.2 Å². The highest BCUT2D eigenvalue weighted by atomic mass is 16.8. The van der Waals surface area contributed by atoms with Gasteiger partial charge in [0.2, 0.25) is 0 Å². The second-order valence-corrected chi connectivity index (χ2v) is 4.83. The zero-order valence-corrected chi connectivity index (χ0v) is 10.8. The van der Waals surface area contributed by atoms with E-state index in [1.807, 2.05) is 30.3 Å².